The molecule has 0 saturated carbocycles. The lowest BCUT2D eigenvalue weighted by atomic mass is 10.1. The minimum atomic E-state index is -4.51. The molecule has 0 bridgehead atoms. The van der Waals surface area contributed by atoms with Crippen molar-refractivity contribution in [2.24, 2.45) is 11.5 Å². The molecule has 0 radical (unpaired) electrons. The van der Waals surface area contributed by atoms with Gasteiger partial charge in [0.1, 0.15) is 12.6 Å². The molecule has 0 aromatic carbocycles. The maximum atomic E-state index is 12.9. The Hall–Kier alpha value is -2.55. The molecular formula is C44H77N2O11PS. The highest BCUT2D eigenvalue weighted by molar-refractivity contribution is 8.00. The Kier molecular flexibility index (Phi) is 37.9. The zero-order valence-corrected chi connectivity index (χ0v) is 37.6. The number of carboxylic acid groups (broad SMARTS) is 1. The summed E-state index contributed by atoms with van der Waals surface area (Å²) in [6.07, 6.45) is 35.8. The number of nitrogens with two attached hydrogens (primary N) is 2. The van der Waals surface area contributed by atoms with Gasteiger partial charge in [0, 0.05) is 30.4 Å². The molecule has 0 spiro atoms. The van der Waals surface area contributed by atoms with Crippen LogP contribution in [0.2, 0.25) is 0 Å². The summed E-state index contributed by atoms with van der Waals surface area (Å²) in [4.78, 5) is 46.6. The molecule has 0 fully saturated rings. The number of phosphoric ester groups is 1. The van der Waals surface area contributed by atoms with Crippen molar-refractivity contribution >= 4 is 37.5 Å². The largest absolute Gasteiger partial charge is 0.481 e. The van der Waals surface area contributed by atoms with Crippen molar-refractivity contribution < 1.29 is 52.6 Å². The van der Waals surface area contributed by atoms with Crippen molar-refractivity contribution in [2.45, 2.75) is 166 Å². The molecule has 0 aromatic rings. The number of aliphatic hydroxyl groups is 1. The molecular weight excluding hydrogens is 796 g/mol. The molecule has 0 aliphatic rings. The lowest BCUT2D eigenvalue weighted by Gasteiger charge is -2.22. The number of aliphatic hydroxyl groups excluding tert-OH is 1. The molecule has 0 aliphatic heterocycles. The smallest absolute Gasteiger partial charge is 0.472 e. The summed E-state index contributed by atoms with van der Waals surface area (Å²) in [5, 5.41) is 19.4. The maximum absolute atomic E-state index is 12.9. The number of aliphatic carboxylic acids is 1. The van der Waals surface area contributed by atoms with E-state index in [-0.39, 0.29) is 44.6 Å². The van der Waals surface area contributed by atoms with Gasteiger partial charge in [0.2, 0.25) is 0 Å². The number of hydrogen-bond acceptors (Lipinski definition) is 12. The van der Waals surface area contributed by atoms with Crippen molar-refractivity contribution in [2.75, 3.05) is 32.1 Å². The molecule has 340 valence electrons. The fourth-order valence-electron chi connectivity index (χ4n) is 5.48. The number of allylic oxidation sites excluding steroid dienone is 9. The van der Waals surface area contributed by atoms with Gasteiger partial charge in [0.25, 0.3) is 0 Å². The summed E-state index contributed by atoms with van der Waals surface area (Å²) in [6.45, 7) is 3.07. The molecule has 5 atom stereocenters. The third kappa shape index (κ3) is 37.0. The van der Waals surface area contributed by atoms with Crippen LogP contribution in [0.25, 0.3) is 0 Å². The number of thioether (sulfide) groups is 1. The Balaban J connectivity index is 5.13. The van der Waals surface area contributed by atoms with E-state index in [4.69, 9.17) is 35.1 Å². The average molecular weight is 873 g/mol. The van der Waals surface area contributed by atoms with E-state index in [0.717, 1.165) is 51.4 Å². The van der Waals surface area contributed by atoms with Crippen molar-refractivity contribution in [1.82, 2.24) is 0 Å². The van der Waals surface area contributed by atoms with E-state index in [1.165, 1.54) is 56.7 Å². The maximum Gasteiger partial charge on any atom is 0.472 e. The lowest BCUT2D eigenvalue weighted by molar-refractivity contribution is -0.161. The number of phosphoric acid groups is 1. The molecule has 0 aromatic heterocycles. The highest BCUT2D eigenvalue weighted by Gasteiger charge is 2.27. The molecule has 0 aliphatic carbocycles. The first-order valence-corrected chi connectivity index (χ1v) is 24.2. The summed E-state index contributed by atoms with van der Waals surface area (Å²) < 4.78 is 32.8. The highest BCUT2D eigenvalue weighted by atomic mass is 32.2. The summed E-state index contributed by atoms with van der Waals surface area (Å²) in [7, 11) is -4.51. The van der Waals surface area contributed by atoms with Crippen LogP contribution >= 0.6 is 19.6 Å². The van der Waals surface area contributed by atoms with E-state index in [2.05, 4.69) is 38.2 Å². The topological polar surface area (TPSA) is 218 Å². The number of hydrogen-bond donors (Lipinski definition) is 5. The van der Waals surface area contributed by atoms with E-state index in [1.807, 2.05) is 24.3 Å². The normalized spacial score (nSPS) is 15.4. The minimum absolute atomic E-state index is 0.0168. The van der Waals surface area contributed by atoms with Crippen LogP contribution in [0.5, 0.6) is 0 Å². The molecule has 59 heavy (non-hydrogen) atoms. The Morgan fingerprint density at radius 1 is 0.746 bits per heavy atom. The Morgan fingerprint density at radius 3 is 2.03 bits per heavy atom. The Morgan fingerprint density at radius 2 is 1.36 bits per heavy atom. The second kappa shape index (κ2) is 39.6. The SMILES string of the molecule is CCCCC/C=C\C\C=C/C=C/C=C/[C@@H](SC[C@H](N)C(=O)OC[C@H](COP(=O)(O)OCCN)OC(=O)CCCCCCC/C=C\CCCCCC)[C@@H](O)CCCC(=O)O. The first-order valence-electron chi connectivity index (χ1n) is 21.7. The van der Waals surface area contributed by atoms with E-state index < -0.39 is 62.4 Å². The fourth-order valence-corrected chi connectivity index (χ4v) is 7.37. The molecule has 1 unspecified atom stereocenters. The highest BCUT2D eigenvalue weighted by Crippen LogP contribution is 2.43. The van der Waals surface area contributed by atoms with Crippen molar-refractivity contribution in [3.8, 4) is 0 Å². The molecule has 15 heteroatoms. The van der Waals surface area contributed by atoms with Crippen LogP contribution in [-0.2, 0) is 37.5 Å². The quantitative estimate of drug-likeness (QED) is 0.0128. The van der Waals surface area contributed by atoms with Crippen LogP contribution in [0.15, 0.2) is 60.8 Å². The molecule has 0 amide bonds. The van der Waals surface area contributed by atoms with E-state index in [0.29, 0.717) is 6.42 Å². The van der Waals surface area contributed by atoms with Gasteiger partial charge in [-0.2, -0.15) is 0 Å². The van der Waals surface area contributed by atoms with Crippen LogP contribution in [0.1, 0.15) is 142 Å². The summed E-state index contributed by atoms with van der Waals surface area (Å²) in [5.41, 5.74) is 11.5. The number of rotatable bonds is 40. The minimum Gasteiger partial charge on any atom is -0.481 e. The van der Waals surface area contributed by atoms with Crippen LogP contribution in [0, 0.1) is 0 Å². The van der Waals surface area contributed by atoms with E-state index in [1.54, 1.807) is 12.2 Å². The van der Waals surface area contributed by atoms with Crippen molar-refractivity contribution in [3.63, 3.8) is 0 Å². The van der Waals surface area contributed by atoms with Crippen LogP contribution in [-0.4, -0.2) is 88.6 Å². The van der Waals surface area contributed by atoms with Crippen molar-refractivity contribution in [1.29, 1.82) is 0 Å². The Labute approximate surface area is 359 Å². The predicted octanol–water partition coefficient (Wildman–Crippen LogP) is 9.03. The standard InChI is InChI=1S/C44H77N2O11PS/c1-3-5-7-9-11-13-15-17-19-21-23-25-27-32-43(50)57-38(36-56-58(52,53)55-34-33-45)35-54-44(51)39(46)37-59-41(40(47)29-28-31-42(48)49)30-26-24-22-20-18-16-14-12-10-8-6-4-2/h12-15,18,20,22,24,26,30,38-41,47H,3-11,16-17,19,21,23,25,27-29,31-37,45-46H2,1-2H3,(H,48,49)(H,52,53)/b14-12-,15-13-,20-18-,24-22+,30-26+/t38-,39+,40+,41-/m1/s1. The number of unbranched alkanes of at least 4 members (excludes halogenated alkanes) is 12. The van der Waals surface area contributed by atoms with Crippen LogP contribution in [0.3, 0.4) is 0 Å². The monoisotopic (exact) mass is 872 g/mol. The van der Waals surface area contributed by atoms with Gasteiger partial charge < -0.3 is 36.0 Å². The first kappa shape index (κ1) is 56.5. The van der Waals surface area contributed by atoms with Gasteiger partial charge in [-0.3, -0.25) is 23.4 Å². The molecule has 0 saturated heterocycles. The molecule has 7 N–H and O–H groups in total. The van der Waals surface area contributed by atoms with Gasteiger partial charge in [0.05, 0.1) is 19.3 Å². The van der Waals surface area contributed by atoms with Crippen LogP contribution in [0.4, 0.5) is 0 Å². The second-order valence-electron chi connectivity index (χ2n) is 14.4. The average Bonchev–Trinajstić information content (AvgIpc) is 3.20. The van der Waals surface area contributed by atoms with Gasteiger partial charge in [-0.1, -0.05) is 126 Å². The number of carbonyl (C=O) groups is 3. The third-order valence-electron chi connectivity index (χ3n) is 8.87. The lowest BCUT2D eigenvalue weighted by Crippen LogP contribution is -2.38. The van der Waals surface area contributed by atoms with Crippen molar-refractivity contribution in [3.05, 3.63) is 60.8 Å². The fraction of sp³-hybridized carbons (Fsp3) is 0.705. The third-order valence-corrected chi connectivity index (χ3v) is 11.3. The summed E-state index contributed by atoms with van der Waals surface area (Å²) in [6, 6.07) is -1.13. The van der Waals surface area contributed by atoms with Gasteiger partial charge in [-0.05, 0) is 64.2 Å². The molecule has 13 nitrogen and oxygen atoms in total. The van der Waals surface area contributed by atoms with Gasteiger partial charge in [0.15, 0.2) is 6.10 Å². The summed E-state index contributed by atoms with van der Waals surface area (Å²) in [5.74, 6) is -2.29. The second-order valence-corrected chi connectivity index (χ2v) is 17.1. The first-order chi connectivity index (χ1) is 28.4. The molecule has 0 rings (SSSR count). The Bertz CT molecular complexity index is 1280. The number of ether oxygens (including phenoxy) is 2. The van der Waals surface area contributed by atoms with E-state index >= 15 is 0 Å². The van der Waals surface area contributed by atoms with Gasteiger partial charge >= 0.3 is 25.7 Å². The van der Waals surface area contributed by atoms with Gasteiger partial charge in [-0.25, -0.2) is 4.57 Å². The zero-order chi connectivity index (χ0) is 43.8. The number of carbonyl (C=O) groups excluding carboxylic acids is 2. The number of esters is 2. The van der Waals surface area contributed by atoms with Crippen LogP contribution < -0.4 is 11.5 Å². The van der Waals surface area contributed by atoms with Gasteiger partial charge in [-0.15, -0.1) is 11.8 Å². The number of carboxylic acids is 1. The molecule has 0 heterocycles. The predicted molar refractivity (Wildman–Crippen MR) is 239 cm³/mol. The van der Waals surface area contributed by atoms with E-state index in [9.17, 15) is 28.9 Å². The summed E-state index contributed by atoms with van der Waals surface area (Å²) >= 11 is 1.22. The zero-order valence-electron chi connectivity index (χ0n) is 35.9.